The zero-order valence-corrected chi connectivity index (χ0v) is 10.2. The summed E-state index contributed by atoms with van der Waals surface area (Å²) in [5.41, 5.74) is -0.530. The highest BCUT2D eigenvalue weighted by Gasteiger charge is 2.31. The van der Waals surface area contributed by atoms with Gasteiger partial charge in [0.25, 0.3) is 0 Å². The van der Waals surface area contributed by atoms with Gasteiger partial charge in [0.1, 0.15) is 11.7 Å². The van der Waals surface area contributed by atoms with Crippen LogP contribution in [0.5, 0.6) is 0 Å². The quantitative estimate of drug-likeness (QED) is 0.458. The standard InChI is InChI=1S/C11H17NO5/c1-11(2,3)17-9(13)4-5-16-8-6-12(7-8)10(14)15/h4-5,8H,6-7H2,1-3H3,(H,14,15). The van der Waals surface area contributed by atoms with Crippen LogP contribution in [0.3, 0.4) is 0 Å². The lowest BCUT2D eigenvalue weighted by molar-refractivity contribution is -0.148. The number of carboxylic acid groups (broad SMARTS) is 1. The summed E-state index contributed by atoms with van der Waals surface area (Å²) in [5.74, 6) is -0.480. The Hall–Kier alpha value is -1.72. The number of hydrogen-bond acceptors (Lipinski definition) is 4. The van der Waals surface area contributed by atoms with Gasteiger partial charge in [0.2, 0.25) is 0 Å². The van der Waals surface area contributed by atoms with Crippen LogP contribution < -0.4 is 0 Å². The second-order valence-corrected chi connectivity index (χ2v) is 4.78. The molecule has 0 unspecified atom stereocenters. The molecule has 0 saturated carbocycles. The molecule has 6 nitrogen and oxygen atoms in total. The molecule has 0 atom stereocenters. The molecule has 1 aliphatic heterocycles. The lowest BCUT2D eigenvalue weighted by Crippen LogP contribution is -2.53. The van der Waals surface area contributed by atoms with Crippen LogP contribution in [-0.2, 0) is 14.3 Å². The Morgan fingerprint density at radius 1 is 1.35 bits per heavy atom. The van der Waals surface area contributed by atoms with Crippen molar-refractivity contribution in [2.45, 2.75) is 32.5 Å². The first-order chi connectivity index (χ1) is 7.78. The Kier molecular flexibility index (Phi) is 3.98. The zero-order valence-electron chi connectivity index (χ0n) is 10.2. The first kappa shape index (κ1) is 13.3. The van der Waals surface area contributed by atoms with E-state index in [4.69, 9.17) is 14.6 Å². The Morgan fingerprint density at radius 3 is 2.41 bits per heavy atom. The predicted molar refractivity (Wildman–Crippen MR) is 59.5 cm³/mol. The highest BCUT2D eigenvalue weighted by atomic mass is 16.6. The molecule has 1 N–H and O–H groups in total. The fourth-order valence-corrected chi connectivity index (χ4v) is 1.22. The van der Waals surface area contributed by atoms with Crippen molar-refractivity contribution >= 4 is 12.1 Å². The van der Waals surface area contributed by atoms with Gasteiger partial charge in [-0.25, -0.2) is 9.59 Å². The highest BCUT2D eigenvalue weighted by Crippen LogP contribution is 2.12. The van der Waals surface area contributed by atoms with E-state index in [-0.39, 0.29) is 6.10 Å². The van der Waals surface area contributed by atoms with E-state index < -0.39 is 17.7 Å². The molecule has 0 radical (unpaired) electrons. The Labute approximate surface area is 99.8 Å². The summed E-state index contributed by atoms with van der Waals surface area (Å²) < 4.78 is 10.2. The van der Waals surface area contributed by atoms with Gasteiger partial charge in [0, 0.05) is 0 Å². The van der Waals surface area contributed by atoms with Crippen molar-refractivity contribution in [3.8, 4) is 0 Å². The van der Waals surface area contributed by atoms with E-state index in [0.29, 0.717) is 13.1 Å². The summed E-state index contributed by atoms with van der Waals surface area (Å²) in [7, 11) is 0. The number of likely N-dealkylation sites (tertiary alicyclic amines) is 1. The predicted octanol–water partition coefficient (Wildman–Crippen LogP) is 1.22. The number of carbonyl (C=O) groups excluding carboxylic acids is 1. The van der Waals surface area contributed by atoms with E-state index in [0.717, 1.165) is 0 Å². The summed E-state index contributed by atoms with van der Waals surface area (Å²) >= 11 is 0. The maximum Gasteiger partial charge on any atom is 0.407 e. The second-order valence-electron chi connectivity index (χ2n) is 4.78. The maximum atomic E-state index is 11.2. The number of ether oxygens (including phenoxy) is 2. The molecule has 0 aromatic carbocycles. The van der Waals surface area contributed by atoms with Crippen LogP contribution in [0.15, 0.2) is 12.3 Å². The Balaban J connectivity index is 2.19. The number of carbonyl (C=O) groups is 2. The molecule has 96 valence electrons. The van der Waals surface area contributed by atoms with Crippen LogP contribution in [0.4, 0.5) is 4.79 Å². The maximum absolute atomic E-state index is 11.2. The zero-order chi connectivity index (χ0) is 13.1. The van der Waals surface area contributed by atoms with Crippen molar-refractivity contribution in [2.24, 2.45) is 0 Å². The molecule has 1 aliphatic rings. The second kappa shape index (κ2) is 5.07. The van der Waals surface area contributed by atoms with Gasteiger partial charge in [-0.2, -0.15) is 0 Å². The van der Waals surface area contributed by atoms with Gasteiger partial charge in [-0.05, 0) is 20.8 Å². The van der Waals surface area contributed by atoms with Crippen LogP contribution in [0, 0.1) is 0 Å². The number of hydrogen-bond donors (Lipinski definition) is 1. The SMILES string of the molecule is CC(C)(C)OC(=O)C=COC1CN(C(=O)O)C1. The molecule has 0 aromatic rings. The third kappa shape index (κ3) is 4.76. The van der Waals surface area contributed by atoms with Gasteiger partial charge in [0.05, 0.1) is 25.4 Å². The number of nitrogens with zero attached hydrogens (tertiary/aromatic N) is 1. The number of esters is 1. The first-order valence-electron chi connectivity index (χ1n) is 5.31. The van der Waals surface area contributed by atoms with Crippen molar-refractivity contribution in [3.63, 3.8) is 0 Å². The van der Waals surface area contributed by atoms with E-state index in [1.807, 2.05) is 0 Å². The number of rotatable bonds is 3. The molecule has 0 aromatic heterocycles. The number of amides is 1. The average Bonchev–Trinajstić information content (AvgIpc) is 2.04. The van der Waals surface area contributed by atoms with Gasteiger partial charge in [0.15, 0.2) is 0 Å². The fraction of sp³-hybridized carbons (Fsp3) is 0.636. The van der Waals surface area contributed by atoms with Gasteiger partial charge < -0.3 is 19.5 Å². The molecule has 0 aliphatic carbocycles. The molecule has 0 spiro atoms. The van der Waals surface area contributed by atoms with Crippen LogP contribution in [0.2, 0.25) is 0 Å². The van der Waals surface area contributed by atoms with Crippen LogP contribution in [0.1, 0.15) is 20.8 Å². The molecule has 0 bridgehead atoms. The minimum absolute atomic E-state index is 0.176. The van der Waals surface area contributed by atoms with Crippen molar-refractivity contribution in [3.05, 3.63) is 12.3 Å². The Bertz CT molecular complexity index is 325. The van der Waals surface area contributed by atoms with Crippen LogP contribution >= 0.6 is 0 Å². The lowest BCUT2D eigenvalue weighted by atomic mass is 10.2. The summed E-state index contributed by atoms with van der Waals surface area (Å²) in [6.45, 7) is 5.98. The summed E-state index contributed by atoms with van der Waals surface area (Å²) in [4.78, 5) is 22.9. The molecule has 1 amide bonds. The first-order valence-corrected chi connectivity index (χ1v) is 5.31. The molecular formula is C11H17NO5. The van der Waals surface area contributed by atoms with Gasteiger partial charge in [-0.3, -0.25) is 0 Å². The minimum Gasteiger partial charge on any atom is -0.494 e. The molecule has 1 fully saturated rings. The van der Waals surface area contributed by atoms with E-state index >= 15 is 0 Å². The van der Waals surface area contributed by atoms with Crippen LogP contribution in [-0.4, -0.2) is 46.9 Å². The fourth-order valence-electron chi connectivity index (χ4n) is 1.22. The van der Waals surface area contributed by atoms with E-state index in [1.165, 1.54) is 17.2 Å². The summed E-state index contributed by atoms with van der Waals surface area (Å²) in [6.07, 6.45) is 1.30. The Morgan fingerprint density at radius 2 is 1.94 bits per heavy atom. The largest absolute Gasteiger partial charge is 0.494 e. The normalized spacial score (nSPS) is 16.8. The van der Waals surface area contributed by atoms with Crippen LogP contribution in [0.25, 0.3) is 0 Å². The van der Waals surface area contributed by atoms with Gasteiger partial charge in [-0.15, -0.1) is 0 Å². The van der Waals surface area contributed by atoms with Gasteiger partial charge >= 0.3 is 12.1 Å². The van der Waals surface area contributed by atoms with Crippen molar-refractivity contribution in [1.82, 2.24) is 4.90 Å². The third-order valence-electron chi connectivity index (χ3n) is 2.00. The van der Waals surface area contributed by atoms with E-state index in [9.17, 15) is 9.59 Å². The smallest absolute Gasteiger partial charge is 0.407 e. The van der Waals surface area contributed by atoms with Gasteiger partial charge in [-0.1, -0.05) is 0 Å². The molecular weight excluding hydrogens is 226 g/mol. The highest BCUT2D eigenvalue weighted by molar-refractivity contribution is 5.81. The van der Waals surface area contributed by atoms with E-state index in [1.54, 1.807) is 20.8 Å². The molecule has 1 heterocycles. The van der Waals surface area contributed by atoms with Crippen molar-refractivity contribution < 1.29 is 24.2 Å². The van der Waals surface area contributed by atoms with E-state index in [2.05, 4.69) is 0 Å². The summed E-state index contributed by atoms with van der Waals surface area (Å²) in [6, 6.07) is 0. The average molecular weight is 243 g/mol. The lowest BCUT2D eigenvalue weighted by Gasteiger charge is -2.35. The summed E-state index contributed by atoms with van der Waals surface area (Å²) in [5, 5.41) is 8.57. The minimum atomic E-state index is -0.957. The van der Waals surface area contributed by atoms with Crippen molar-refractivity contribution in [1.29, 1.82) is 0 Å². The van der Waals surface area contributed by atoms with Crippen molar-refractivity contribution in [2.75, 3.05) is 13.1 Å². The monoisotopic (exact) mass is 243 g/mol. The molecule has 1 saturated heterocycles. The third-order valence-corrected chi connectivity index (χ3v) is 2.00. The molecule has 6 heteroatoms. The molecule has 17 heavy (non-hydrogen) atoms. The molecule has 1 rings (SSSR count). The topological polar surface area (TPSA) is 76.1 Å².